The van der Waals surface area contributed by atoms with Crippen molar-refractivity contribution in [1.82, 2.24) is 4.98 Å². The van der Waals surface area contributed by atoms with Crippen molar-refractivity contribution in [3.8, 4) is 0 Å². The maximum atomic E-state index is 11.1. The molecule has 1 aromatic heterocycles. The lowest BCUT2D eigenvalue weighted by molar-refractivity contribution is -0.385. The summed E-state index contributed by atoms with van der Waals surface area (Å²) in [6, 6.07) is 9.71. The molecule has 0 aliphatic heterocycles. The number of nitrogens with one attached hydrogen (secondary N) is 1. The summed E-state index contributed by atoms with van der Waals surface area (Å²) in [6.45, 7) is 0. The van der Waals surface area contributed by atoms with Gasteiger partial charge in [-0.15, -0.1) is 0 Å². The Bertz CT molecular complexity index is 958. The van der Waals surface area contributed by atoms with E-state index >= 15 is 0 Å². The second-order valence-corrected chi connectivity index (χ2v) is 5.28. The number of nitro benzene ring substituents is 1. The largest absolute Gasteiger partial charge is 0.417 e. The lowest BCUT2D eigenvalue weighted by atomic mass is 10.2. The number of aliphatic imine (C=N–C) groups is 1. The Labute approximate surface area is 131 Å². The van der Waals surface area contributed by atoms with Gasteiger partial charge in [-0.2, -0.15) is 0 Å². The van der Waals surface area contributed by atoms with Crippen molar-refractivity contribution in [2.75, 3.05) is 0 Å². The van der Waals surface area contributed by atoms with Gasteiger partial charge in [0.1, 0.15) is 0 Å². The topological polar surface area (TPSA) is 102 Å². The SMILES string of the molecule is O=c1[nH]c2ccc(N=Cc3ccc(Br)c([N+](=O)[O-])c3)cc2o1. The number of hydrogen-bond acceptors (Lipinski definition) is 5. The third-order valence-corrected chi connectivity index (χ3v) is 3.60. The maximum Gasteiger partial charge on any atom is 0.417 e. The highest BCUT2D eigenvalue weighted by molar-refractivity contribution is 9.10. The van der Waals surface area contributed by atoms with Gasteiger partial charge in [-0.1, -0.05) is 6.07 Å². The van der Waals surface area contributed by atoms with Crippen LogP contribution in [0, 0.1) is 10.1 Å². The van der Waals surface area contributed by atoms with Crippen molar-refractivity contribution >= 4 is 44.6 Å². The first-order chi connectivity index (χ1) is 10.5. The zero-order chi connectivity index (χ0) is 15.7. The third-order valence-electron chi connectivity index (χ3n) is 2.93. The maximum absolute atomic E-state index is 11.1. The molecule has 3 aromatic rings. The van der Waals surface area contributed by atoms with Gasteiger partial charge in [-0.25, -0.2) is 4.79 Å². The van der Waals surface area contributed by atoms with E-state index in [1.807, 2.05) is 0 Å². The van der Waals surface area contributed by atoms with Crippen molar-refractivity contribution in [2.45, 2.75) is 0 Å². The molecule has 0 saturated carbocycles. The van der Waals surface area contributed by atoms with Crippen LogP contribution >= 0.6 is 15.9 Å². The number of nitro groups is 1. The number of oxazole rings is 1. The van der Waals surface area contributed by atoms with E-state index in [1.165, 1.54) is 12.3 Å². The summed E-state index contributed by atoms with van der Waals surface area (Å²) in [4.78, 5) is 28.3. The molecule has 1 N–H and O–H groups in total. The standard InChI is InChI=1S/C14H8BrN3O4/c15-10-3-1-8(5-12(10)18(20)21)7-16-9-2-4-11-13(6-9)22-14(19)17-11/h1-7H,(H,17,19). The predicted octanol–water partition coefficient (Wildman–Crippen LogP) is 3.54. The molecule has 2 aromatic carbocycles. The summed E-state index contributed by atoms with van der Waals surface area (Å²) in [5.74, 6) is -0.528. The van der Waals surface area contributed by atoms with Gasteiger partial charge in [0.15, 0.2) is 5.58 Å². The van der Waals surface area contributed by atoms with Crippen molar-refractivity contribution in [2.24, 2.45) is 4.99 Å². The molecule has 0 amide bonds. The molecule has 1 heterocycles. The third kappa shape index (κ3) is 2.82. The van der Waals surface area contributed by atoms with Crippen LogP contribution in [0.4, 0.5) is 11.4 Å². The average Bonchev–Trinajstić information content (AvgIpc) is 2.85. The average molecular weight is 362 g/mol. The number of aromatic nitrogens is 1. The van der Waals surface area contributed by atoms with Crippen LogP contribution in [0.3, 0.4) is 0 Å². The Hall–Kier alpha value is -2.74. The predicted molar refractivity (Wildman–Crippen MR) is 84.9 cm³/mol. The molecule has 22 heavy (non-hydrogen) atoms. The van der Waals surface area contributed by atoms with Crippen LogP contribution in [0.15, 0.2) is 55.1 Å². The van der Waals surface area contributed by atoms with E-state index in [4.69, 9.17) is 4.42 Å². The van der Waals surface area contributed by atoms with Crippen LogP contribution in [0.2, 0.25) is 0 Å². The summed E-state index contributed by atoms with van der Waals surface area (Å²) >= 11 is 3.12. The molecule has 0 atom stereocenters. The lowest BCUT2D eigenvalue weighted by Gasteiger charge is -1.97. The normalized spacial score (nSPS) is 11.3. The molecular weight excluding hydrogens is 354 g/mol. The van der Waals surface area contributed by atoms with Crippen molar-refractivity contribution in [3.05, 3.63) is 67.1 Å². The van der Waals surface area contributed by atoms with E-state index in [-0.39, 0.29) is 5.69 Å². The zero-order valence-electron chi connectivity index (χ0n) is 10.9. The van der Waals surface area contributed by atoms with Crippen molar-refractivity contribution < 1.29 is 9.34 Å². The van der Waals surface area contributed by atoms with E-state index < -0.39 is 10.7 Å². The summed E-state index contributed by atoms with van der Waals surface area (Å²) in [7, 11) is 0. The molecule has 0 aliphatic rings. The fourth-order valence-corrected chi connectivity index (χ4v) is 2.30. The molecular formula is C14H8BrN3O4. The Kier molecular flexibility index (Phi) is 3.60. The molecule has 0 aliphatic carbocycles. The number of nitrogens with zero attached hydrogens (tertiary/aromatic N) is 2. The first kappa shape index (κ1) is 14.2. The number of rotatable bonds is 3. The van der Waals surface area contributed by atoms with E-state index in [0.29, 0.717) is 26.8 Å². The van der Waals surface area contributed by atoms with Crippen LogP contribution < -0.4 is 5.76 Å². The molecule has 0 spiro atoms. The monoisotopic (exact) mass is 361 g/mol. The van der Waals surface area contributed by atoms with Crippen LogP contribution in [0.1, 0.15) is 5.56 Å². The van der Waals surface area contributed by atoms with Crippen LogP contribution in [0.25, 0.3) is 11.1 Å². The number of hydrogen-bond donors (Lipinski definition) is 1. The molecule has 110 valence electrons. The van der Waals surface area contributed by atoms with Crippen molar-refractivity contribution in [3.63, 3.8) is 0 Å². The van der Waals surface area contributed by atoms with Crippen LogP contribution in [-0.2, 0) is 0 Å². The second-order valence-electron chi connectivity index (χ2n) is 4.42. The molecule has 0 saturated heterocycles. The van der Waals surface area contributed by atoms with Crippen LogP contribution in [0.5, 0.6) is 0 Å². The zero-order valence-corrected chi connectivity index (χ0v) is 12.5. The summed E-state index contributed by atoms with van der Waals surface area (Å²) in [6.07, 6.45) is 1.51. The fourth-order valence-electron chi connectivity index (χ4n) is 1.91. The van der Waals surface area contributed by atoms with Gasteiger partial charge in [0, 0.05) is 18.3 Å². The Morgan fingerprint density at radius 1 is 1.27 bits per heavy atom. The minimum atomic E-state index is -0.528. The van der Waals surface area contributed by atoms with Gasteiger partial charge in [-0.05, 0) is 39.7 Å². The van der Waals surface area contributed by atoms with Gasteiger partial charge >= 0.3 is 5.76 Å². The van der Waals surface area contributed by atoms with E-state index in [1.54, 1.807) is 30.3 Å². The molecule has 3 rings (SSSR count). The molecule has 7 nitrogen and oxygen atoms in total. The highest BCUT2D eigenvalue weighted by Gasteiger charge is 2.11. The Morgan fingerprint density at radius 2 is 2.09 bits per heavy atom. The molecule has 0 unspecified atom stereocenters. The van der Waals surface area contributed by atoms with E-state index in [0.717, 1.165) is 0 Å². The first-order valence-electron chi connectivity index (χ1n) is 6.14. The quantitative estimate of drug-likeness (QED) is 0.437. The molecule has 8 heteroatoms. The number of benzene rings is 2. The number of fused-ring (bicyclic) bond motifs is 1. The molecule has 0 fully saturated rings. The highest BCUT2D eigenvalue weighted by Crippen LogP contribution is 2.25. The van der Waals surface area contributed by atoms with Gasteiger partial charge in [-0.3, -0.25) is 20.1 Å². The fraction of sp³-hybridized carbons (Fsp3) is 0. The first-order valence-corrected chi connectivity index (χ1v) is 6.93. The van der Waals surface area contributed by atoms with Gasteiger partial charge in [0.05, 0.1) is 20.6 Å². The van der Waals surface area contributed by atoms with Gasteiger partial charge < -0.3 is 4.42 Å². The Balaban J connectivity index is 1.93. The van der Waals surface area contributed by atoms with E-state index in [9.17, 15) is 14.9 Å². The Morgan fingerprint density at radius 3 is 2.86 bits per heavy atom. The summed E-state index contributed by atoms with van der Waals surface area (Å²) in [5.41, 5.74) is 2.12. The number of halogens is 1. The smallest absolute Gasteiger partial charge is 0.408 e. The summed E-state index contributed by atoms with van der Waals surface area (Å²) < 4.78 is 5.35. The van der Waals surface area contributed by atoms with E-state index in [2.05, 4.69) is 25.9 Å². The van der Waals surface area contributed by atoms with Crippen LogP contribution in [-0.4, -0.2) is 16.1 Å². The van der Waals surface area contributed by atoms with Crippen molar-refractivity contribution in [1.29, 1.82) is 0 Å². The molecule has 0 bridgehead atoms. The van der Waals surface area contributed by atoms with Gasteiger partial charge in [0.25, 0.3) is 5.69 Å². The highest BCUT2D eigenvalue weighted by atomic mass is 79.9. The summed E-state index contributed by atoms with van der Waals surface area (Å²) in [5, 5.41) is 10.9. The van der Waals surface area contributed by atoms with Gasteiger partial charge in [0.2, 0.25) is 0 Å². The number of aromatic amines is 1. The lowest BCUT2D eigenvalue weighted by Crippen LogP contribution is -1.92. The second kappa shape index (κ2) is 5.57. The number of H-pyrrole nitrogens is 1. The molecule has 0 radical (unpaired) electrons. The minimum Gasteiger partial charge on any atom is -0.408 e. The minimum absolute atomic E-state index is 0.0315.